The summed E-state index contributed by atoms with van der Waals surface area (Å²) in [5, 5.41) is 2.68. The van der Waals surface area contributed by atoms with Crippen LogP contribution in [0.25, 0.3) is 0 Å². The van der Waals surface area contributed by atoms with Crippen LogP contribution in [0.15, 0.2) is 72.8 Å². The summed E-state index contributed by atoms with van der Waals surface area (Å²) in [7, 11) is 0. The van der Waals surface area contributed by atoms with Gasteiger partial charge in [-0.15, -0.1) is 11.8 Å². The number of carbonyl (C=O) groups is 2. The molecule has 1 heterocycles. The van der Waals surface area contributed by atoms with Gasteiger partial charge < -0.3 is 5.32 Å². The second-order valence-electron chi connectivity index (χ2n) is 7.69. The average Bonchev–Trinajstić information content (AvgIpc) is 3.15. The second-order valence-corrected chi connectivity index (χ2v) is 8.76. The van der Waals surface area contributed by atoms with Gasteiger partial charge in [0.2, 0.25) is 5.91 Å². The first-order valence-corrected chi connectivity index (χ1v) is 11.2. The molecule has 1 fully saturated rings. The lowest BCUT2D eigenvalue weighted by Gasteiger charge is -2.29. The molecule has 4 nitrogen and oxygen atoms in total. The van der Waals surface area contributed by atoms with Crippen molar-refractivity contribution < 1.29 is 14.0 Å². The summed E-state index contributed by atoms with van der Waals surface area (Å²) < 4.78 is 13.2. The van der Waals surface area contributed by atoms with Gasteiger partial charge in [0.15, 0.2) is 0 Å². The van der Waals surface area contributed by atoms with E-state index in [4.69, 9.17) is 0 Å². The minimum Gasteiger partial charge on any atom is -0.322 e. The van der Waals surface area contributed by atoms with Gasteiger partial charge in [0.25, 0.3) is 5.91 Å². The maximum Gasteiger partial charge on any atom is 0.255 e. The summed E-state index contributed by atoms with van der Waals surface area (Å²) in [6.07, 6.45) is 0. The van der Waals surface area contributed by atoms with E-state index in [9.17, 15) is 14.0 Å². The molecule has 158 valence electrons. The summed E-state index contributed by atoms with van der Waals surface area (Å²) >= 11 is 1.54. The number of thioether (sulfide) groups is 1. The normalized spacial score (nSPS) is 16.1. The van der Waals surface area contributed by atoms with Crippen molar-refractivity contribution in [3.05, 3.63) is 95.3 Å². The lowest BCUT2D eigenvalue weighted by molar-refractivity contribution is -0.115. The van der Waals surface area contributed by atoms with E-state index in [1.54, 1.807) is 11.8 Å². The number of rotatable bonds is 5. The molecule has 31 heavy (non-hydrogen) atoms. The SMILES string of the molecule is CC(C)c1ccccc1N1C(=O)CS[C@H]1c1ccccc1NC(=O)c1ccc(F)cc1. The summed E-state index contributed by atoms with van der Waals surface area (Å²) in [5.74, 6) is -0.0308. The Hall–Kier alpha value is -3.12. The van der Waals surface area contributed by atoms with Crippen LogP contribution in [0.5, 0.6) is 0 Å². The van der Waals surface area contributed by atoms with Crippen LogP contribution in [-0.2, 0) is 4.79 Å². The number of hydrogen-bond donors (Lipinski definition) is 1. The molecule has 0 aliphatic carbocycles. The van der Waals surface area contributed by atoms with Crippen LogP contribution in [-0.4, -0.2) is 17.6 Å². The molecule has 0 spiro atoms. The number of para-hydroxylation sites is 2. The van der Waals surface area contributed by atoms with Crippen molar-refractivity contribution in [2.45, 2.75) is 25.1 Å². The van der Waals surface area contributed by atoms with E-state index in [2.05, 4.69) is 25.2 Å². The van der Waals surface area contributed by atoms with Gasteiger partial charge in [0.1, 0.15) is 11.2 Å². The molecule has 0 aromatic heterocycles. The van der Waals surface area contributed by atoms with Gasteiger partial charge in [-0.05, 0) is 47.9 Å². The summed E-state index contributed by atoms with van der Waals surface area (Å²) in [5.41, 5.74) is 3.87. The molecule has 1 aliphatic heterocycles. The maximum atomic E-state index is 13.2. The monoisotopic (exact) mass is 434 g/mol. The molecule has 1 N–H and O–H groups in total. The zero-order chi connectivity index (χ0) is 22.0. The number of carbonyl (C=O) groups excluding carboxylic acids is 2. The van der Waals surface area contributed by atoms with Crippen LogP contribution in [0, 0.1) is 5.82 Å². The van der Waals surface area contributed by atoms with Crippen LogP contribution < -0.4 is 10.2 Å². The highest BCUT2D eigenvalue weighted by atomic mass is 32.2. The molecule has 4 rings (SSSR count). The van der Waals surface area contributed by atoms with Gasteiger partial charge in [0.05, 0.1) is 5.75 Å². The second kappa shape index (κ2) is 8.94. The summed E-state index contributed by atoms with van der Waals surface area (Å²) in [4.78, 5) is 27.5. The van der Waals surface area contributed by atoms with Gasteiger partial charge >= 0.3 is 0 Å². The quantitative estimate of drug-likeness (QED) is 0.537. The van der Waals surface area contributed by atoms with Crippen molar-refractivity contribution in [3.63, 3.8) is 0 Å². The van der Waals surface area contributed by atoms with Crippen molar-refractivity contribution >= 4 is 35.0 Å². The average molecular weight is 435 g/mol. The molecular weight excluding hydrogens is 411 g/mol. The topological polar surface area (TPSA) is 49.4 Å². The molecule has 3 aromatic rings. The van der Waals surface area contributed by atoms with Gasteiger partial charge in [-0.25, -0.2) is 4.39 Å². The molecule has 6 heteroatoms. The fourth-order valence-corrected chi connectivity index (χ4v) is 4.94. The lowest BCUT2D eigenvalue weighted by Crippen LogP contribution is -2.29. The van der Waals surface area contributed by atoms with E-state index in [1.165, 1.54) is 24.3 Å². The molecule has 1 atom stereocenters. The third kappa shape index (κ3) is 4.35. The first kappa shape index (κ1) is 21.1. The highest BCUT2D eigenvalue weighted by molar-refractivity contribution is 8.00. The molecule has 1 aliphatic rings. The first-order valence-electron chi connectivity index (χ1n) is 10.1. The van der Waals surface area contributed by atoms with Gasteiger partial charge in [-0.3, -0.25) is 14.5 Å². The molecule has 0 bridgehead atoms. The number of hydrogen-bond acceptors (Lipinski definition) is 3. The molecule has 0 saturated carbocycles. The Labute approximate surface area is 185 Å². The molecule has 1 saturated heterocycles. The Balaban J connectivity index is 1.69. The summed E-state index contributed by atoms with van der Waals surface area (Å²) in [6.45, 7) is 4.22. The minimum absolute atomic E-state index is 0.0442. The Kier molecular flexibility index (Phi) is 6.09. The number of benzene rings is 3. The Bertz CT molecular complexity index is 1110. The summed E-state index contributed by atoms with van der Waals surface area (Å²) in [6, 6.07) is 20.9. The van der Waals surface area contributed by atoms with Gasteiger partial charge in [-0.1, -0.05) is 50.2 Å². The van der Waals surface area contributed by atoms with Crippen molar-refractivity contribution in [2.24, 2.45) is 0 Å². The number of nitrogens with zero attached hydrogens (tertiary/aromatic N) is 1. The van der Waals surface area contributed by atoms with Crippen LogP contribution in [0.2, 0.25) is 0 Å². The van der Waals surface area contributed by atoms with E-state index in [0.717, 1.165) is 16.8 Å². The van der Waals surface area contributed by atoms with Crippen LogP contribution in [0.3, 0.4) is 0 Å². The number of amides is 2. The highest BCUT2D eigenvalue weighted by Crippen LogP contribution is 2.46. The van der Waals surface area contributed by atoms with Crippen LogP contribution >= 0.6 is 11.8 Å². The maximum absolute atomic E-state index is 13.2. The largest absolute Gasteiger partial charge is 0.322 e. The van der Waals surface area contributed by atoms with Crippen molar-refractivity contribution in [2.75, 3.05) is 16.0 Å². The molecule has 0 radical (unpaired) electrons. The standard InChI is InChI=1S/C25H23FN2O2S/c1-16(2)19-7-4-6-10-22(19)28-23(29)15-31-25(28)20-8-3-5-9-21(20)27-24(30)17-11-13-18(26)14-12-17/h3-14,16,25H,15H2,1-2H3,(H,27,30)/t25-/m0/s1. The Morgan fingerprint density at radius 1 is 1.03 bits per heavy atom. The minimum atomic E-state index is -0.391. The van der Waals surface area contributed by atoms with E-state index < -0.39 is 5.82 Å². The van der Waals surface area contributed by atoms with Crippen LogP contribution in [0.1, 0.15) is 46.6 Å². The lowest BCUT2D eigenvalue weighted by atomic mass is 10.00. The van der Waals surface area contributed by atoms with E-state index in [1.807, 2.05) is 47.4 Å². The smallest absolute Gasteiger partial charge is 0.255 e. The number of anilines is 2. The van der Waals surface area contributed by atoms with E-state index >= 15 is 0 Å². The van der Waals surface area contributed by atoms with Gasteiger partial charge in [-0.2, -0.15) is 0 Å². The number of halogens is 1. The van der Waals surface area contributed by atoms with Crippen LogP contribution in [0.4, 0.5) is 15.8 Å². The third-order valence-electron chi connectivity index (χ3n) is 5.27. The molecule has 0 unspecified atom stereocenters. The third-order valence-corrected chi connectivity index (χ3v) is 6.46. The number of nitrogens with one attached hydrogen (secondary N) is 1. The predicted octanol–water partition coefficient (Wildman–Crippen LogP) is 5.98. The highest BCUT2D eigenvalue weighted by Gasteiger charge is 2.36. The zero-order valence-corrected chi connectivity index (χ0v) is 18.2. The fraction of sp³-hybridized carbons (Fsp3) is 0.200. The van der Waals surface area contributed by atoms with E-state index in [0.29, 0.717) is 17.0 Å². The molecular formula is C25H23FN2O2S. The fourth-order valence-electron chi connectivity index (χ4n) is 3.73. The zero-order valence-electron chi connectivity index (χ0n) is 17.3. The van der Waals surface area contributed by atoms with E-state index in [-0.39, 0.29) is 23.1 Å². The molecule has 2 amide bonds. The van der Waals surface area contributed by atoms with Crippen molar-refractivity contribution in [3.8, 4) is 0 Å². The Morgan fingerprint density at radius 3 is 2.45 bits per heavy atom. The van der Waals surface area contributed by atoms with Gasteiger partial charge in [0, 0.05) is 22.5 Å². The van der Waals surface area contributed by atoms with Crippen molar-refractivity contribution in [1.82, 2.24) is 0 Å². The first-order chi connectivity index (χ1) is 15.0. The van der Waals surface area contributed by atoms with Crippen molar-refractivity contribution in [1.29, 1.82) is 0 Å². The predicted molar refractivity (Wildman–Crippen MR) is 124 cm³/mol. The molecule has 3 aromatic carbocycles. The Morgan fingerprint density at radius 2 is 1.71 bits per heavy atom.